The Bertz CT molecular complexity index is 563. The van der Waals surface area contributed by atoms with Crippen LogP contribution in [0.2, 0.25) is 0 Å². The van der Waals surface area contributed by atoms with Crippen molar-refractivity contribution in [3.8, 4) is 5.75 Å². The highest BCUT2D eigenvalue weighted by Crippen LogP contribution is 2.21. The van der Waals surface area contributed by atoms with Crippen LogP contribution in [0, 0.1) is 0 Å². The van der Waals surface area contributed by atoms with Crippen LogP contribution in [0.1, 0.15) is 50.5 Å². The summed E-state index contributed by atoms with van der Waals surface area (Å²) in [5.74, 6) is 0.887. The number of hydrogen-bond donors (Lipinski definition) is 1. The lowest BCUT2D eigenvalue weighted by Gasteiger charge is -2.13. The zero-order chi connectivity index (χ0) is 15.2. The lowest BCUT2D eigenvalue weighted by atomic mass is 10.0. The zero-order valence-corrected chi connectivity index (χ0v) is 13.1. The van der Waals surface area contributed by atoms with Gasteiger partial charge in [-0.25, -0.2) is 0 Å². The van der Waals surface area contributed by atoms with Crippen LogP contribution >= 0.6 is 0 Å². The molecule has 2 aromatic rings. The van der Waals surface area contributed by atoms with Gasteiger partial charge < -0.3 is 10.5 Å². The fraction of sp³-hybridized carbons (Fsp3) is 0.471. The Morgan fingerprint density at radius 3 is 2.76 bits per heavy atom. The van der Waals surface area contributed by atoms with Crippen molar-refractivity contribution in [3.63, 3.8) is 0 Å². The van der Waals surface area contributed by atoms with Gasteiger partial charge in [0.25, 0.3) is 0 Å². The first-order chi connectivity index (χ1) is 10.1. The molecular formula is C17H25N3O. The Morgan fingerprint density at radius 1 is 1.29 bits per heavy atom. The second-order valence-electron chi connectivity index (χ2n) is 5.61. The smallest absolute Gasteiger partial charge is 0.119 e. The molecule has 0 bridgehead atoms. The summed E-state index contributed by atoms with van der Waals surface area (Å²) < 4.78 is 7.62. The number of hydrogen-bond acceptors (Lipinski definition) is 3. The molecule has 4 nitrogen and oxygen atoms in total. The van der Waals surface area contributed by atoms with Gasteiger partial charge >= 0.3 is 0 Å². The number of rotatable bonds is 7. The molecular weight excluding hydrogens is 262 g/mol. The molecule has 21 heavy (non-hydrogen) atoms. The van der Waals surface area contributed by atoms with Crippen LogP contribution in [0.3, 0.4) is 0 Å². The summed E-state index contributed by atoms with van der Waals surface area (Å²) >= 11 is 0. The molecule has 0 fully saturated rings. The number of nitrogens with two attached hydrogens (primary N) is 1. The highest BCUT2D eigenvalue weighted by molar-refractivity contribution is 5.31. The van der Waals surface area contributed by atoms with E-state index in [1.54, 1.807) is 0 Å². The number of ether oxygens (including phenoxy) is 1. The average molecular weight is 287 g/mol. The Labute approximate surface area is 126 Å². The van der Waals surface area contributed by atoms with E-state index >= 15 is 0 Å². The van der Waals surface area contributed by atoms with Gasteiger partial charge in [-0.1, -0.05) is 19.1 Å². The summed E-state index contributed by atoms with van der Waals surface area (Å²) in [7, 11) is 0. The maximum Gasteiger partial charge on any atom is 0.119 e. The topological polar surface area (TPSA) is 53.1 Å². The van der Waals surface area contributed by atoms with Gasteiger partial charge in [0.2, 0.25) is 0 Å². The summed E-state index contributed by atoms with van der Waals surface area (Å²) in [5, 5.41) is 4.55. The molecule has 0 spiro atoms. The minimum atomic E-state index is -0.0642. The van der Waals surface area contributed by atoms with Crippen molar-refractivity contribution in [2.75, 3.05) is 6.61 Å². The molecule has 0 saturated carbocycles. The minimum Gasteiger partial charge on any atom is -0.494 e. The zero-order valence-electron chi connectivity index (χ0n) is 13.1. The standard InChI is InChI=1S/C17H25N3O/c1-4-10-21-16-7-5-6-14(11-16)17(18)12-15-8-9-20(19-15)13(2)3/h5-9,11,13,17H,4,10,12,18H2,1-3H3. The van der Waals surface area contributed by atoms with Crippen LogP contribution in [0.4, 0.5) is 0 Å². The van der Waals surface area contributed by atoms with Crippen LogP contribution in [-0.4, -0.2) is 16.4 Å². The summed E-state index contributed by atoms with van der Waals surface area (Å²) in [6.07, 6.45) is 3.74. The highest BCUT2D eigenvalue weighted by atomic mass is 16.5. The van der Waals surface area contributed by atoms with Crippen LogP contribution in [0.5, 0.6) is 5.75 Å². The maximum absolute atomic E-state index is 6.31. The first-order valence-electron chi connectivity index (χ1n) is 7.62. The van der Waals surface area contributed by atoms with Crippen molar-refractivity contribution in [2.24, 2.45) is 5.73 Å². The monoisotopic (exact) mass is 287 g/mol. The maximum atomic E-state index is 6.31. The predicted octanol–water partition coefficient (Wildman–Crippen LogP) is 3.50. The van der Waals surface area contributed by atoms with Gasteiger partial charge in [-0.05, 0) is 44.0 Å². The van der Waals surface area contributed by atoms with Gasteiger partial charge in [0, 0.05) is 24.7 Å². The molecule has 0 aliphatic carbocycles. The Balaban J connectivity index is 2.03. The molecule has 2 rings (SSSR count). The van der Waals surface area contributed by atoms with Crippen molar-refractivity contribution >= 4 is 0 Å². The van der Waals surface area contributed by atoms with E-state index in [-0.39, 0.29) is 6.04 Å². The van der Waals surface area contributed by atoms with Gasteiger partial charge in [0.1, 0.15) is 5.75 Å². The summed E-state index contributed by atoms with van der Waals surface area (Å²) in [6.45, 7) is 7.06. The Morgan fingerprint density at radius 2 is 2.10 bits per heavy atom. The quantitative estimate of drug-likeness (QED) is 0.848. The van der Waals surface area contributed by atoms with Gasteiger partial charge in [-0.3, -0.25) is 4.68 Å². The molecule has 1 unspecified atom stereocenters. The second-order valence-corrected chi connectivity index (χ2v) is 5.61. The van der Waals surface area contributed by atoms with Crippen molar-refractivity contribution < 1.29 is 4.74 Å². The lowest BCUT2D eigenvalue weighted by Crippen LogP contribution is -2.14. The average Bonchev–Trinajstić information content (AvgIpc) is 2.94. The minimum absolute atomic E-state index is 0.0642. The fourth-order valence-corrected chi connectivity index (χ4v) is 2.17. The first-order valence-corrected chi connectivity index (χ1v) is 7.62. The number of benzene rings is 1. The summed E-state index contributed by atoms with van der Waals surface area (Å²) in [6, 6.07) is 10.4. The van der Waals surface area contributed by atoms with E-state index in [1.807, 2.05) is 41.2 Å². The lowest BCUT2D eigenvalue weighted by molar-refractivity contribution is 0.317. The molecule has 0 amide bonds. The summed E-state index contributed by atoms with van der Waals surface area (Å²) in [5.41, 5.74) is 8.42. The number of nitrogens with zero attached hydrogens (tertiary/aromatic N) is 2. The first kappa shape index (κ1) is 15.6. The Hall–Kier alpha value is -1.81. The third-order valence-electron chi connectivity index (χ3n) is 3.38. The number of aromatic nitrogens is 2. The van der Waals surface area contributed by atoms with E-state index in [0.717, 1.165) is 36.5 Å². The molecule has 114 valence electrons. The van der Waals surface area contributed by atoms with Crippen molar-refractivity contribution in [1.29, 1.82) is 0 Å². The molecule has 1 heterocycles. The van der Waals surface area contributed by atoms with Crippen molar-refractivity contribution in [2.45, 2.75) is 45.7 Å². The third-order valence-corrected chi connectivity index (χ3v) is 3.38. The van der Waals surface area contributed by atoms with Crippen LogP contribution in [-0.2, 0) is 6.42 Å². The second kappa shape index (κ2) is 7.27. The van der Waals surface area contributed by atoms with Crippen LogP contribution in [0.15, 0.2) is 36.5 Å². The van der Waals surface area contributed by atoms with E-state index in [2.05, 4.69) is 25.9 Å². The molecule has 1 aromatic carbocycles. The van der Waals surface area contributed by atoms with E-state index in [1.165, 1.54) is 0 Å². The molecule has 0 aliphatic heterocycles. The molecule has 0 saturated heterocycles. The molecule has 2 N–H and O–H groups in total. The fourth-order valence-electron chi connectivity index (χ4n) is 2.17. The van der Waals surface area contributed by atoms with Gasteiger partial charge in [0.05, 0.1) is 12.3 Å². The molecule has 4 heteroatoms. The van der Waals surface area contributed by atoms with Gasteiger partial charge in [0.15, 0.2) is 0 Å². The molecule has 1 atom stereocenters. The highest BCUT2D eigenvalue weighted by Gasteiger charge is 2.11. The van der Waals surface area contributed by atoms with Crippen molar-refractivity contribution in [3.05, 3.63) is 47.8 Å². The molecule has 1 aromatic heterocycles. The largest absolute Gasteiger partial charge is 0.494 e. The molecule has 0 radical (unpaired) electrons. The SMILES string of the molecule is CCCOc1cccc(C(N)Cc2ccn(C(C)C)n2)c1. The van der Waals surface area contributed by atoms with Gasteiger partial charge in [-0.2, -0.15) is 5.10 Å². The van der Waals surface area contributed by atoms with Crippen LogP contribution < -0.4 is 10.5 Å². The summed E-state index contributed by atoms with van der Waals surface area (Å²) in [4.78, 5) is 0. The molecule has 0 aliphatic rings. The van der Waals surface area contributed by atoms with Crippen LogP contribution in [0.25, 0.3) is 0 Å². The van der Waals surface area contributed by atoms with E-state index in [9.17, 15) is 0 Å². The third kappa shape index (κ3) is 4.33. The Kier molecular flexibility index (Phi) is 5.39. The van der Waals surface area contributed by atoms with Crippen molar-refractivity contribution in [1.82, 2.24) is 9.78 Å². The normalized spacial score (nSPS) is 12.6. The van der Waals surface area contributed by atoms with E-state index in [0.29, 0.717) is 6.04 Å². The van der Waals surface area contributed by atoms with E-state index < -0.39 is 0 Å². The predicted molar refractivity (Wildman–Crippen MR) is 85.5 cm³/mol. The van der Waals surface area contributed by atoms with Gasteiger partial charge in [-0.15, -0.1) is 0 Å². The van der Waals surface area contributed by atoms with E-state index in [4.69, 9.17) is 10.5 Å².